The number of rotatable bonds is 4. The van der Waals surface area contributed by atoms with Crippen LogP contribution in [0, 0.1) is 0 Å². The number of nitrogens with zero attached hydrogens (tertiary/aromatic N) is 3. The van der Waals surface area contributed by atoms with E-state index < -0.39 is 11.7 Å². The smallest absolute Gasteiger partial charge is 0.357 e. The first-order chi connectivity index (χ1) is 13.5. The Bertz CT molecular complexity index is 879. The van der Waals surface area contributed by atoms with Crippen LogP contribution < -0.4 is 4.90 Å². The van der Waals surface area contributed by atoms with Crippen molar-refractivity contribution < 1.29 is 13.2 Å². The highest BCUT2D eigenvalue weighted by molar-refractivity contribution is 5.94. The Morgan fingerprint density at radius 1 is 1.07 bits per heavy atom. The molecule has 0 spiro atoms. The summed E-state index contributed by atoms with van der Waals surface area (Å²) in [6, 6.07) is 9.65. The van der Waals surface area contributed by atoms with Crippen molar-refractivity contribution in [3.05, 3.63) is 71.6 Å². The molecule has 2 aliphatic rings. The molecule has 2 aromatic rings. The van der Waals surface area contributed by atoms with Crippen LogP contribution in [-0.4, -0.2) is 23.8 Å². The number of allylic oxidation sites excluding steroid dienone is 1. The highest BCUT2D eigenvalue weighted by atomic mass is 19.4. The second kappa shape index (κ2) is 7.78. The molecule has 0 bridgehead atoms. The number of pyridine rings is 1. The standard InChI is InChI=1S/C22H22F3N3/c23-22(24,25)18-6-3-5-17(14-18)19-7-4-10-26-20(19)13-16-8-9-21(27-15-16)28-11-1-2-12-28/h3-6,8-10,14-15,19H,1-2,7,11-13H2. The molecule has 1 unspecified atom stereocenters. The van der Waals surface area contributed by atoms with Gasteiger partial charge in [0.25, 0.3) is 0 Å². The summed E-state index contributed by atoms with van der Waals surface area (Å²) >= 11 is 0. The Morgan fingerprint density at radius 2 is 1.89 bits per heavy atom. The number of hydrogen-bond donors (Lipinski definition) is 0. The van der Waals surface area contributed by atoms with Gasteiger partial charge in [-0.3, -0.25) is 4.99 Å². The molecule has 0 amide bonds. The zero-order chi connectivity index (χ0) is 19.6. The average Bonchev–Trinajstić information content (AvgIpc) is 3.23. The quantitative estimate of drug-likeness (QED) is 0.706. The number of aliphatic imine (C=N–C) groups is 1. The Balaban J connectivity index is 1.53. The van der Waals surface area contributed by atoms with Crippen LogP contribution in [0.15, 0.2) is 59.9 Å². The van der Waals surface area contributed by atoms with Crippen LogP contribution in [0.25, 0.3) is 0 Å². The highest BCUT2D eigenvalue weighted by Crippen LogP contribution is 2.33. The van der Waals surface area contributed by atoms with Gasteiger partial charge in [0.1, 0.15) is 5.82 Å². The molecule has 28 heavy (non-hydrogen) atoms. The summed E-state index contributed by atoms with van der Waals surface area (Å²) in [5.74, 6) is 0.840. The van der Waals surface area contributed by atoms with Gasteiger partial charge in [-0.2, -0.15) is 13.2 Å². The van der Waals surface area contributed by atoms with E-state index in [0.29, 0.717) is 18.4 Å². The SMILES string of the molecule is FC(F)(F)c1cccc(C2CC=CN=C2Cc2ccc(N3CCCC3)nc2)c1. The van der Waals surface area contributed by atoms with Crippen molar-refractivity contribution in [1.29, 1.82) is 0 Å². The van der Waals surface area contributed by atoms with Crippen LogP contribution in [0.3, 0.4) is 0 Å². The third-order valence-electron chi connectivity index (χ3n) is 5.36. The van der Waals surface area contributed by atoms with E-state index in [0.717, 1.165) is 36.2 Å². The molecule has 3 nitrogen and oxygen atoms in total. The summed E-state index contributed by atoms with van der Waals surface area (Å²) in [7, 11) is 0. The van der Waals surface area contributed by atoms with Crippen molar-refractivity contribution in [2.75, 3.05) is 18.0 Å². The Morgan fingerprint density at radius 3 is 2.61 bits per heavy atom. The fourth-order valence-electron chi connectivity index (χ4n) is 3.86. The second-order valence-electron chi connectivity index (χ2n) is 7.31. The highest BCUT2D eigenvalue weighted by Gasteiger charge is 2.31. The monoisotopic (exact) mass is 385 g/mol. The lowest BCUT2D eigenvalue weighted by Gasteiger charge is -2.22. The third-order valence-corrected chi connectivity index (χ3v) is 5.36. The minimum Gasteiger partial charge on any atom is -0.357 e. The Hall–Kier alpha value is -2.63. The predicted octanol–water partition coefficient (Wildman–Crippen LogP) is 5.39. The van der Waals surface area contributed by atoms with Crippen molar-refractivity contribution in [1.82, 2.24) is 4.98 Å². The van der Waals surface area contributed by atoms with Gasteiger partial charge in [0.2, 0.25) is 0 Å². The lowest BCUT2D eigenvalue weighted by atomic mass is 9.86. The Kier molecular flexibility index (Phi) is 5.20. The molecule has 2 aliphatic heterocycles. The van der Waals surface area contributed by atoms with Crippen molar-refractivity contribution in [3.8, 4) is 0 Å². The van der Waals surface area contributed by atoms with E-state index in [4.69, 9.17) is 0 Å². The van der Waals surface area contributed by atoms with E-state index in [9.17, 15) is 13.2 Å². The maximum Gasteiger partial charge on any atom is 0.416 e. The molecule has 3 heterocycles. The van der Waals surface area contributed by atoms with Gasteiger partial charge >= 0.3 is 6.18 Å². The van der Waals surface area contributed by atoms with Crippen molar-refractivity contribution >= 4 is 11.5 Å². The zero-order valence-corrected chi connectivity index (χ0v) is 15.5. The third kappa shape index (κ3) is 4.11. The van der Waals surface area contributed by atoms with E-state index in [1.165, 1.54) is 25.0 Å². The van der Waals surface area contributed by atoms with E-state index in [-0.39, 0.29) is 5.92 Å². The molecule has 1 atom stereocenters. The molecule has 1 saturated heterocycles. The molecule has 0 radical (unpaired) electrons. The molecule has 0 aliphatic carbocycles. The lowest BCUT2D eigenvalue weighted by Crippen LogP contribution is -2.20. The summed E-state index contributed by atoms with van der Waals surface area (Å²) < 4.78 is 39.3. The molecular formula is C22H22F3N3. The fraction of sp³-hybridized carbons (Fsp3) is 0.364. The normalized spacial score (nSPS) is 19.8. The van der Waals surface area contributed by atoms with Crippen molar-refractivity contribution in [2.45, 2.75) is 37.8 Å². The van der Waals surface area contributed by atoms with Gasteiger partial charge in [-0.05, 0) is 42.5 Å². The van der Waals surface area contributed by atoms with Gasteiger partial charge in [0.15, 0.2) is 0 Å². The number of aromatic nitrogens is 1. The summed E-state index contributed by atoms with van der Waals surface area (Å²) in [5, 5.41) is 0. The van der Waals surface area contributed by atoms with Gasteiger partial charge in [-0.15, -0.1) is 0 Å². The van der Waals surface area contributed by atoms with Gasteiger partial charge in [-0.1, -0.05) is 30.3 Å². The largest absolute Gasteiger partial charge is 0.416 e. The summed E-state index contributed by atoms with van der Waals surface area (Å²) in [6.45, 7) is 2.09. The van der Waals surface area contributed by atoms with Gasteiger partial charge in [0, 0.05) is 43.5 Å². The first-order valence-corrected chi connectivity index (χ1v) is 9.59. The van der Waals surface area contributed by atoms with Crippen LogP contribution in [0.1, 0.15) is 41.9 Å². The first-order valence-electron chi connectivity index (χ1n) is 9.59. The van der Waals surface area contributed by atoms with E-state index in [1.807, 2.05) is 24.4 Å². The molecule has 1 aromatic carbocycles. The van der Waals surface area contributed by atoms with Crippen LogP contribution >= 0.6 is 0 Å². The summed E-state index contributed by atoms with van der Waals surface area (Å²) in [5.41, 5.74) is 1.93. The number of anilines is 1. The van der Waals surface area contributed by atoms with Crippen molar-refractivity contribution in [3.63, 3.8) is 0 Å². The molecule has 6 heteroatoms. The summed E-state index contributed by atoms with van der Waals surface area (Å²) in [6.07, 6.45) is 4.80. The number of hydrogen-bond acceptors (Lipinski definition) is 3. The maximum absolute atomic E-state index is 13.1. The summed E-state index contributed by atoms with van der Waals surface area (Å²) in [4.78, 5) is 11.3. The van der Waals surface area contributed by atoms with E-state index in [2.05, 4.69) is 14.9 Å². The lowest BCUT2D eigenvalue weighted by molar-refractivity contribution is -0.137. The van der Waals surface area contributed by atoms with Crippen LogP contribution in [0.5, 0.6) is 0 Å². The topological polar surface area (TPSA) is 28.5 Å². The molecule has 4 rings (SSSR count). The van der Waals surface area contributed by atoms with Gasteiger partial charge in [0.05, 0.1) is 5.56 Å². The number of alkyl halides is 3. The van der Waals surface area contributed by atoms with Crippen LogP contribution in [0.2, 0.25) is 0 Å². The Labute approximate surface area is 162 Å². The minimum atomic E-state index is -4.34. The number of benzene rings is 1. The molecular weight excluding hydrogens is 363 g/mol. The van der Waals surface area contributed by atoms with Crippen LogP contribution in [-0.2, 0) is 12.6 Å². The molecule has 1 aromatic heterocycles. The molecule has 0 saturated carbocycles. The molecule has 0 N–H and O–H groups in total. The van der Waals surface area contributed by atoms with Crippen molar-refractivity contribution in [2.24, 2.45) is 4.99 Å². The number of halogens is 3. The maximum atomic E-state index is 13.1. The fourth-order valence-corrected chi connectivity index (χ4v) is 3.86. The molecule has 1 fully saturated rings. The predicted molar refractivity (Wildman–Crippen MR) is 105 cm³/mol. The van der Waals surface area contributed by atoms with E-state index in [1.54, 1.807) is 12.3 Å². The first kappa shape index (κ1) is 18.7. The molecule has 146 valence electrons. The minimum absolute atomic E-state index is 0.148. The van der Waals surface area contributed by atoms with Crippen LogP contribution in [0.4, 0.5) is 19.0 Å². The second-order valence-corrected chi connectivity index (χ2v) is 7.31. The zero-order valence-electron chi connectivity index (χ0n) is 15.5. The van der Waals surface area contributed by atoms with Gasteiger partial charge < -0.3 is 4.90 Å². The van der Waals surface area contributed by atoms with E-state index >= 15 is 0 Å². The average molecular weight is 385 g/mol. The van der Waals surface area contributed by atoms with Gasteiger partial charge in [-0.25, -0.2) is 4.98 Å².